The second-order valence-corrected chi connectivity index (χ2v) is 11.9. The van der Waals surface area contributed by atoms with Gasteiger partial charge in [-0.1, -0.05) is 43.3 Å². The van der Waals surface area contributed by atoms with Gasteiger partial charge in [-0.25, -0.2) is 13.4 Å². The summed E-state index contributed by atoms with van der Waals surface area (Å²) in [6.45, 7) is 7.22. The van der Waals surface area contributed by atoms with Crippen LogP contribution in [0.1, 0.15) is 43.7 Å². The molecule has 0 saturated carbocycles. The van der Waals surface area contributed by atoms with Crippen molar-refractivity contribution in [3.8, 4) is 0 Å². The number of sulfonamides is 1. The zero-order chi connectivity index (χ0) is 24.3. The number of rotatable bonds is 7. The second kappa shape index (κ2) is 10.5. The number of piperidine rings is 1. The Hall–Kier alpha value is -2.42. The van der Waals surface area contributed by atoms with Crippen molar-refractivity contribution in [1.82, 2.24) is 9.29 Å². The number of anilines is 1. The van der Waals surface area contributed by atoms with Crippen molar-refractivity contribution >= 4 is 44.3 Å². The summed E-state index contributed by atoms with van der Waals surface area (Å²) in [5, 5.41) is 4.57. The molecule has 1 aliphatic heterocycles. The zero-order valence-electron chi connectivity index (χ0n) is 19.9. The first kappa shape index (κ1) is 24.7. The van der Waals surface area contributed by atoms with E-state index in [1.807, 2.05) is 32.0 Å². The van der Waals surface area contributed by atoms with Crippen LogP contribution in [0.25, 0.3) is 10.9 Å². The molecule has 180 valence electrons. The predicted molar refractivity (Wildman–Crippen MR) is 139 cm³/mol. The number of benzene rings is 2. The molecule has 6 nitrogen and oxygen atoms in total. The number of hydrogen-bond acceptors (Lipinski definition) is 5. The fraction of sp³-hybridized carbons (Fsp3) is 0.385. The van der Waals surface area contributed by atoms with Crippen LogP contribution < -0.4 is 5.32 Å². The number of carbonyl (C=O) groups excluding carboxylic acids is 1. The summed E-state index contributed by atoms with van der Waals surface area (Å²) in [7, 11) is -3.49. The molecule has 4 rings (SSSR count). The molecule has 2 aromatic carbocycles. The SMILES string of the molecule is CCC(Sc1cc(C)c2cccc(C)c2n1)C(=O)Nc1ccc(S(=O)(=O)N2CCCCC2)cc1. The third-order valence-corrected chi connectivity index (χ3v) is 9.42. The van der Waals surface area contributed by atoms with Crippen LogP contribution in [0.15, 0.2) is 58.5 Å². The van der Waals surface area contributed by atoms with Crippen molar-refractivity contribution in [1.29, 1.82) is 0 Å². The van der Waals surface area contributed by atoms with Crippen LogP contribution in [0.2, 0.25) is 0 Å². The Kier molecular flexibility index (Phi) is 7.60. The van der Waals surface area contributed by atoms with E-state index in [1.54, 1.807) is 28.6 Å². The minimum Gasteiger partial charge on any atom is -0.325 e. The van der Waals surface area contributed by atoms with Crippen LogP contribution in [0.3, 0.4) is 0 Å². The lowest BCUT2D eigenvalue weighted by Crippen LogP contribution is -2.35. The molecule has 34 heavy (non-hydrogen) atoms. The number of fused-ring (bicyclic) bond motifs is 1. The topological polar surface area (TPSA) is 79.4 Å². The maximum atomic E-state index is 13.0. The lowest BCUT2D eigenvalue weighted by molar-refractivity contribution is -0.115. The molecule has 1 unspecified atom stereocenters. The molecule has 2 heterocycles. The van der Waals surface area contributed by atoms with Crippen molar-refractivity contribution in [2.24, 2.45) is 0 Å². The number of aryl methyl sites for hydroxylation is 2. The quantitative estimate of drug-likeness (QED) is 0.434. The number of thioether (sulfide) groups is 1. The van der Waals surface area contributed by atoms with E-state index in [2.05, 4.69) is 18.3 Å². The second-order valence-electron chi connectivity index (χ2n) is 8.74. The molecule has 3 aromatic rings. The van der Waals surface area contributed by atoms with Gasteiger partial charge < -0.3 is 5.32 Å². The van der Waals surface area contributed by atoms with Gasteiger partial charge in [-0.15, -0.1) is 0 Å². The average molecular weight is 498 g/mol. The minimum absolute atomic E-state index is 0.122. The highest BCUT2D eigenvalue weighted by molar-refractivity contribution is 8.00. The highest BCUT2D eigenvalue weighted by Gasteiger charge is 2.26. The number of amides is 1. The first-order valence-electron chi connectivity index (χ1n) is 11.7. The van der Waals surface area contributed by atoms with E-state index in [0.29, 0.717) is 25.2 Å². The van der Waals surface area contributed by atoms with Crippen LogP contribution in [0, 0.1) is 13.8 Å². The maximum Gasteiger partial charge on any atom is 0.243 e. The Labute approximate surface area is 206 Å². The third kappa shape index (κ3) is 5.29. The first-order valence-corrected chi connectivity index (χ1v) is 14.1. The van der Waals surface area contributed by atoms with Crippen LogP contribution in [0.5, 0.6) is 0 Å². The van der Waals surface area contributed by atoms with Crippen LogP contribution in [0.4, 0.5) is 5.69 Å². The van der Waals surface area contributed by atoms with E-state index in [1.165, 1.54) is 11.8 Å². The lowest BCUT2D eigenvalue weighted by atomic mass is 10.1. The largest absolute Gasteiger partial charge is 0.325 e. The molecule has 1 fully saturated rings. The minimum atomic E-state index is -3.49. The van der Waals surface area contributed by atoms with Gasteiger partial charge in [0.1, 0.15) is 0 Å². The summed E-state index contributed by atoms with van der Waals surface area (Å²) < 4.78 is 27.3. The lowest BCUT2D eigenvalue weighted by Gasteiger charge is -2.25. The molecule has 1 aromatic heterocycles. The molecule has 0 radical (unpaired) electrons. The highest BCUT2D eigenvalue weighted by atomic mass is 32.2. The summed E-state index contributed by atoms with van der Waals surface area (Å²) in [5.41, 5.74) is 3.79. The summed E-state index contributed by atoms with van der Waals surface area (Å²) in [5.74, 6) is -0.122. The Morgan fingerprint density at radius 2 is 1.76 bits per heavy atom. The highest BCUT2D eigenvalue weighted by Crippen LogP contribution is 2.30. The molecular formula is C26H31N3O3S2. The van der Waals surface area contributed by atoms with Crippen LogP contribution in [-0.4, -0.2) is 42.0 Å². The molecule has 1 aliphatic rings. The number of hydrogen-bond donors (Lipinski definition) is 1. The summed E-state index contributed by atoms with van der Waals surface area (Å²) in [4.78, 5) is 18.1. The van der Waals surface area contributed by atoms with E-state index >= 15 is 0 Å². The Balaban J connectivity index is 1.46. The van der Waals surface area contributed by atoms with Crippen LogP contribution in [-0.2, 0) is 14.8 Å². The van der Waals surface area contributed by atoms with E-state index in [-0.39, 0.29) is 16.1 Å². The van der Waals surface area contributed by atoms with Gasteiger partial charge in [-0.3, -0.25) is 4.79 Å². The van der Waals surface area contributed by atoms with E-state index in [4.69, 9.17) is 4.98 Å². The standard InChI is InChI=1S/C26H31N3O3S2/c1-4-23(33-24-17-19(3)22-10-8-9-18(2)25(22)28-24)26(30)27-20-11-13-21(14-12-20)34(31,32)29-15-6-5-7-16-29/h8-14,17,23H,4-7,15-16H2,1-3H3,(H,27,30). The molecule has 1 amide bonds. The van der Waals surface area contributed by atoms with Gasteiger partial charge in [0.25, 0.3) is 0 Å². The Morgan fingerprint density at radius 3 is 2.44 bits per heavy atom. The third-order valence-electron chi connectivity index (χ3n) is 6.23. The molecule has 0 bridgehead atoms. The number of nitrogens with zero attached hydrogens (tertiary/aromatic N) is 2. The smallest absolute Gasteiger partial charge is 0.243 e. The maximum absolute atomic E-state index is 13.0. The summed E-state index contributed by atoms with van der Waals surface area (Å²) >= 11 is 1.45. The van der Waals surface area contributed by atoms with Crippen LogP contribution >= 0.6 is 11.8 Å². The molecular weight excluding hydrogens is 466 g/mol. The van der Waals surface area contributed by atoms with Gasteiger partial charge >= 0.3 is 0 Å². The Bertz CT molecular complexity index is 1280. The number of para-hydroxylation sites is 1. The van der Waals surface area contributed by atoms with Crippen molar-refractivity contribution in [2.75, 3.05) is 18.4 Å². The first-order chi connectivity index (χ1) is 16.3. The summed E-state index contributed by atoms with van der Waals surface area (Å²) in [6.07, 6.45) is 3.51. The molecule has 8 heteroatoms. The normalized spacial score (nSPS) is 15.9. The van der Waals surface area contributed by atoms with E-state index < -0.39 is 10.0 Å². The Morgan fingerprint density at radius 1 is 1.06 bits per heavy atom. The number of pyridine rings is 1. The van der Waals surface area contributed by atoms with Gasteiger partial charge in [-0.05, 0) is 74.6 Å². The van der Waals surface area contributed by atoms with Crippen molar-refractivity contribution in [3.63, 3.8) is 0 Å². The molecule has 1 saturated heterocycles. The fourth-order valence-electron chi connectivity index (χ4n) is 4.25. The average Bonchev–Trinajstić information content (AvgIpc) is 2.84. The molecule has 0 spiro atoms. The van der Waals surface area contributed by atoms with Gasteiger partial charge in [0.05, 0.1) is 20.7 Å². The molecule has 1 N–H and O–H groups in total. The van der Waals surface area contributed by atoms with Crippen molar-refractivity contribution in [3.05, 3.63) is 59.7 Å². The van der Waals surface area contributed by atoms with Gasteiger partial charge in [0, 0.05) is 24.2 Å². The fourth-order valence-corrected chi connectivity index (χ4v) is 6.78. The number of nitrogens with one attached hydrogen (secondary N) is 1. The number of aromatic nitrogens is 1. The summed E-state index contributed by atoms with van der Waals surface area (Å²) in [6, 6.07) is 14.6. The van der Waals surface area contributed by atoms with Crippen molar-refractivity contribution in [2.45, 2.75) is 61.6 Å². The zero-order valence-corrected chi connectivity index (χ0v) is 21.5. The van der Waals surface area contributed by atoms with Gasteiger partial charge in [0.15, 0.2) is 0 Å². The van der Waals surface area contributed by atoms with Crippen molar-refractivity contribution < 1.29 is 13.2 Å². The molecule has 1 atom stereocenters. The molecule has 0 aliphatic carbocycles. The van der Waals surface area contributed by atoms with Gasteiger partial charge in [-0.2, -0.15) is 4.31 Å². The van der Waals surface area contributed by atoms with Gasteiger partial charge in [0.2, 0.25) is 15.9 Å². The monoisotopic (exact) mass is 497 g/mol. The van der Waals surface area contributed by atoms with E-state index in [0.717, 1.165) is 46.3 Å². The van der Waals surface area contributed by atoms with E-state index in [9.17, 15) is 13.2 Å². The predicted octanol–water partition coefficient (Wildman–Crippen LogP) is 5.54. The number of carbonyl (C=O) groups is 1.